The monoisotopic (exact) mass is 241 g/mol. The van der Waals surface area contributed by atoms with Gasteiger partial charge in [-0.15, -0.1) is 0 Å². The van der Waals surface area contributed by atoms with Crippen molar-refractivity contribution in [2.75, 3.05) is 52.5 Å². The first-order valence-corrected chi connectivity index (χ1v) is 6.56. The average Bonchev–Trinajstić information content (AvgIpc) is 2.30. The van der Waals surface area contributed by atoms with Gasteiger partial charge in [0.1, 0.15) is 0 Å². The van der Waals surface area contributed by atoms with E-state index in [0.717, 1.165) is 45.7 Å². The number of carbonyl (C=O) groups is 1. The van der Waals surface area contributed by atoms with Crippen molar-refractivity contribution in [3.8, 4) is 0 Å². The summed E-state index contributed by atoms with van der Waals surface area (Å²) in [6, 6.07) is 0. The molecule has 5 nitrogen and oxygen atoms in total. The molecule has 0 aromatic heterocycles. The van der Waals surface area contributed by atoms with Crippen molar-refractivity contribution in [1.82, 2.24) is 15.5 Å². The molecule has 17 heavy (non-hydrogen) atoms. The number of nitrogens with one attached hydrogen (secondary N) is 2. The molecule has 0 saturated carbocycles. The first-order valence-electron chi connectivity index (χ1n) is 6.56. The molecule has 2 heterocycles. The summed E-state index contributed by atoms with van der Waals surface area (Å²) in [5, 5.41) is 6.36. The van der Waals surface area contributed by atoms with Gasteiger partial charge in [0.25, 0.3) is 0 Å². The van der Waals surface area contributed by atoms with Gasteiger partial charge < -0.3 is 15.4 Å². The molecule has 5 heteroatoms. The van der Waals surface area contributed by atoms with Gasteiger partial charge in [0.05, 0.1) is 18.6 Å². The average molecular weight is 241 g/mol. The normalized spacial score (nSPS) is 24.1. The fourth-order valence-electron chi connectivity index (χ4n) is 2.29. The van der Waals surface area contributed by atoms with E-state index in [4.69, 9.17) is 4.74 Å². The molecule has 2 rings (SSSR count). The summed E-state index contributed by atoms with van der Waals surface area (Å²) in [6.45, 7) is 9.20. The number of rotatable bonds is 5. The molecule has 0 aromatic carbocycles. The van der Waals surface area contributed by atoms with Crippen LogP contribution in [-0.4, -0.2) is 63.3 Å². The minimum atomic E-state index is -0.233. The van der Waals surface area contributed by atoms with Crippen LogP contribution in [0.5, 0.6) is 0 Å². The van der Waals surface area contributed by atoms with E-state index in [0.29, 0.717) is 13.2 Å². The van der Waals surface area contributed by atoms with E-state index in [1.165, 1.54) is 0 Å². The zero-order valence-electron chi connectivity index (χ0n) is 10.6. The third kappa shape index (κ3) is 2.97. The number of carbonyl (C=O) groups excluding carboxylic acids is 1. The van der Waals surface area contributed by atoms with Crippen molar-refractivity contribution in [2.24, 2.45) is 5.41 Å². The van der Waals surface area contributed by atoms with E-state index in [9.17, 15) is 4.79 Å². The van der Waals surface area contributed by atoms with Gasteiger partial charge in [-0.2, -0.15) is 0 Å². The highest BCUT2D eigenvalue weighted by Crippen LogP contribution is 2.31. The molecular weight excluding hydrogens is 218 g/mol. The maximum absolute atomic E-state index is 12.0. The van der Waals surface area contributed by atoms with Crippen molar-refractivity contribution >= 4 is 5.91 Å². The quantitative estimate of drug-likeness (QED) is 0.677. The first-order chi connectivity index (χ1) is 8.27. The van der Waals surface area contributed by atoms with Gasteiger partial charge in [-0.05, 0) is 6.42 Å². The Balaban J connectivity index is 1.65. The molecule has 2 aliphatic heterocycles. The summed E-state index contributed by atoms with van der Waals surface area (Å²) >= 11 is 0. The van der Waals surface area contributed by atoms with Crippen molar-refractivity contribution in [2.45, 2.75) is 13.3 Å². The van der Waals surface area contributed by atoms with Crippen LogP contribution in [0.1, 0.15) is 13.3 Å². The van der Waals surface area contributed by atoms with Crippen LogP contribution >= 0.6 is 0 Å². The van der Waals surface area contributed by atoms with Crippen LogP contribution < -0.4 is 10.6 Å². The first kappa shape index (κ1) is 12.8. The lowest BCUT2D eigenvalue weighted by atomic mass is 9.82. The minimum Gasteiger partial charge on any atom is -0.379 e. The highest BCUT2D eigenvalue weighted by Gasteiger charge is 2.43. The van der Waals surface area contributed by atoms with E-state index in [1.54, 1.807) is 0 Å². The van der Waals surface area contributed by atoms with Crippen LogP contribution in [-0.2, 0) is 9.53 Å². The standard InChI is InChI=1S/C12H23N3O2/c1-2-12(9-17-10-12)11(16)14-5-8-15-6-3-13-4-7-15/h13H,2-10H2,1H3,(H,14,16). The van der Waals surface area contributed by atoms with Gasteiger partial charge in [0.15, 0.2) is 0 Å². The Morgan fingerprint density at radius 3 is 2.65 bits per heavy atom. The molecule has 0 unspecified atom stereocenters. The van der Waals surface area contributed by atoms with Crippen LogP contribution in [0.25, 0.3) is 0 Å². The second-order valence-corrected chi connectivity index (χ2v) is 4.97. The highest BCUT2D eigenvalue weighted by atomic mass is 16.5. The summed E-state index contributed by atoms with van der Waals surface area (Å²) in [5.74, 6) is 0.168. The fraction of sp³-hybridized carbons (Fsp3) is 0.917. The maximum atomic E-state index is 12.0. The molecule has 2 aliphatic rings. The highest BCUT2D eigenvalue weighted by molar-refractivity contribution is 5.83. The molecule has 2 N–H and O–H groups in total. The van der Waals surface area contributed by atoms with Crippen LogP contribution in [0.15, 0.2) is 0 Å². The topological polar surface area (TPSA) is 53.6 Å². The third-order valence-corrected chi connectivity index (χ3v) is 3.84. The maximum Gasteiger partial charge on any atom is 0.230 e. The Hall–Kier alpha value is -0.650. The summed E-state index contributed by atoms with van der Waals surface area (Å²) < 4.78 is 5.17. The van der Waals surface area contributed by atoms with Gasteiger partial charge >= 0.3 is 0 Å². The molecule has 0 radical (unpaired) electrons. The largest absolute Gasteiger partial charge is 0.379 e. The molecule has 0 atom stereocenters. The van der Waals surface area contributed by atoms with Gasteiger partial charge in [0.2, 0.25) is 5.91 Å². The Morgan fingerprint density at radius 1 is 1.41 bits per heavy atom. The molecule has 0 aromatic rings. The van der Waals surface area contributed by atoms with Gasteiger partial charge in [-0.25, -0.2) is 0 Å². The van der Waals surface area contributed by atoms with Crippen LogP contribution in [0, 0.1) is 5.41 Å². The summed E-state index contributed by atoms with van der Waals surface area (Å²) in [7, 11) is 0. The molecule has 0 spiro atoms. The Kier molecular flexibility index (Phi) is 4.36. The molecule has 98 valence electrons. The van der Waals surface area contributed by atoms with Gasteiger partial charge in [-0.1, -0.05) is 6.92 Å². The van der Waals surface area contributed by atoms with E-state index in [-0.39, 0.29) is 11.3 Å². The molecular formula is C12H23N3O2. The summed E-state index contributed by atoms with van der Waals surface area (Å²) in [6.07, 6.45) is 0.868. The molecule has 2 saturated heterocycles. The van der Waals surface area contributed by atoms with Gasteiger partial charge in [0, 0.05) is 39.3 Å². The molecule has 1 amide bonds. The Bertz CT molecular complexity index is 255. The predicted octanol–water partition coefficient (Wildman–Crippen LogP) is -0.566. The van der Waals surface area contributed by atoms with Crippen molar-refractivity contribution in [3.05, 3.63) is 0 Å². The minimum absolute atomic E-state index is 0.168. The predicted molar refractivity (Wildman–Crippen MR) is 65.9 cm³/mol. The number of hydrogen-bond donors (Lipinski definition) is 2. The SMILES string of the molecule is CCC1(C(=O)NCCN2CCNCC2)COC1. The van der Waals surface area contributed by atoms with E-state index in [2.05, 4.69) is 22.5 Å². The van der Waals surface area contributed by atoms with Crippen molar-refractivity contribution in [3.63, 3.8) is 0 Å². The molecule has 0 bridgehead atoms. The zero-order valence-corrected chi connectivity index (χ0v) is 10.6. The van der Waals surface area contributed by atoms with Crippen LogP contribution in [0.3, 0.4) is 0 Å². The van der Waals surface area contributed by atoms with Crippen LogP contribution in [0.4, 0.5) is 0 Å². The Morgan fingerprint density at radius 2 is 2.12 bits per heavy atom. The van der Waals surface area contributed by atoms with Crippen molar-refractivity contribution in [1.29, 1.82) is 0 Å². The molecule has 0 aliphatic carbocycles. The number of ether oxygens (including phenoxy) is 1. The lowest BCUT2D eigenvalue weighted by Crippen LogP contribution is -2.55. The lowest BCUT2D eigenvalue weighted by Gasteiger charge is -2.39. The summed E-state index contributed by atoms with van der Waals surface area (Å²) in [4.78, 5) is 14.4. The number of piperazine rings is 1. The third-order valence-electron chi connectivity index (χ3n) is 3.84. The number of hydrogen-bond acceptors (Lipinski definition) is 4. The fourth-order valence-corrected chi connectivity index (χ4v) is 2.29. The van der Waals surface area contributed by atoms with Gasteiger partial charge in [-0.3, -0.25) is 9.69 Å². The lowest BCUT2D eigenvalue weighted by molar-refractivity contribution is -0.162. The smallest absolute Gasteiger partial charge is 0.230 e. The van der Waals surface area contributed by atoms with E-state index < -0.39 is 0 Å². The number of nitrogens with zero attached hydrogens (tertiary/aromatic N) is 1. The number of amides is 1. The summed E-state index contributed by atoms with van der Waals surface area (Å²) in [5.41, 5.74) is -0.233. The Labute approximate surface area is 103 Å². The molecule has 2 fully saturated rings. The zero-order chi connectivity index (χ0) is 12.1. The van der Waals surface area contributed by atoms with Crippen molar-refractivity contribution < 1.29 is 9.53 Å². The second kappa shape index (κ2) is 5.80. The second-order valence-electron chi connectivity index (χ2n) is 4.97. The van der Waals surface area contributed by atoms with E-state index in [1.807, 2.05) is 0 Å². The van der Waals surface area contributed by atoms with Crippen LogP contribution in [0.2, 0.25) is 0 Å². The van der Waals surface area contributed by atoms with E-state index >= 15 is 0 Å².